The van der Waals surface area contributed by atoms with Gasteiger partial charge in [0.2, 0.25) is 0 Å². The standard InChI is InChI=1S/C17H33N3O2/c1-13-6-4-8-19(11-13)12-14(2)18-17(22)20-9-5-7-16(20)10-15(3)21/h13-16,21H,4-12H2,1-3H3,(H,18,22). The molecule has 5 nitrogen and oxygen atoms in total. The molecule has 0 aromatic rings. The molecular weight excluding hydrogens is 278 g/mol. The number of hydrogen-bond acceptors (Lipinski definition) is 3. The smallest absolute Gasteiger partial charge is 0.317 e. The largest absolute Gasteiger partial charge is 0.393 e. The maximum Gasteiger partial charge on any atom is 0.317 e. The second-order valence-electron chi connectivity index (χ2n) is 7.43. The van der Waals surface area contributed by atoms with E-state index < -0.39 is 0 Å². The molecule has 0 aliphatic carbocycles. The fraction of sp³-hybridized carbons (Fsp3) is 0.941. The van der Waals surface area contributed by atoms with E-state index in [1.807, 2.05) is 4.90 Å². The highest BCUT2D eigenvalue weighted by molar-refractivity contribution is 5.75. The predicted octanol–water partition coefficient (Wildman–Crippen LogP) is 2.05. The van der Waals surface area contributed by atoms with Crippen molar-refractivity contribution in [3.63, 3.8) is 0 Å². The van der Waals surface area contributed by atoms with Gasteiger partial charge in [0.1, 0.15) is 0 Å². The number of amides is 2. The molecule has 4 unspecified atom stereocenters. The van der Waals surface area contributed by atoms with Crippen LogP contribution in [0.2, 0.25) is 0 Å². The Kier molecular flexibility index (Phi) is 6.50. The first-order valence-corrected chi connectivity index (χ1v) is 8.93. The van der Waals surface area contributed by atoms with Crippen LogP contribution in [-0.2, 0) is 0 Å². The van der Waals surface area contributed by atoms with Gasteiger partial charge < -0.3 is 20.2 Å². The highest BCUT2D eigenvalue weighted by atomic mass is 16.3. The van der Waals surface area contributed by atoms with Crippen molar-refractivity contribution >= 4 is 6.03 Å². The van der Waals surface area contributed by atoms with Gasteiger partial charge >= 0.3 is 6.03 Å². The quantitative estimate of drug-likeness (QED) is 0.817. The van der Waals surface area contributed by atoms with E-state index in [1.54, 1.807) is 6.92 Å². The molecule has 0 saturated carbocycles. The van der Waals surface area contributed by atoms with Crippen LogP contribution in [0.4, 0.5) is 4.79 Å². The third-order valence-electron chi connectivity index (χ3n) is 4.89. The average molecular weight is 311 g/mol. The molecule has 5 heteroatoms. The number of piperidine rings is 1. The van der Waals surface area contributed by atoms with E-state index in [4.69, 9.17) is 0 Å². The van der Waals surface area contributed by atoms with Gasteiger partial charge in [-0.25, -0.2) is 4.79 Å². The van der Waals surface area contributed by atoms with Gasteiger partial charge in [0.05, 0.1) is 6.10 Å². The van der Waals surface area contributed by atoms with Crippen LogP contribution < -0.4 is 5.32 Å². The van der Waals surface area contributed by atoms with Gasteiger partial charge in [0.25, 0.3) is 0 Å². The van der Waals surface area contributed by atoms with Gasteiger partial charge in [-0.15, -0.1) is 0 Å². The molecule has 2 rings (SSSR count). The van der Waals surface area contributed by atoms with E-state index in [9.17, 15) is 9.90 Å². The molecule has 0 aromatic heterocycles. The molecule has 2 N–H and O–H groups in total. The van der Waals surface area contributed by atoms with Crippen molar-refractivity contribution in [2.75, 3.05) is 26.2 Å². The summed E-state index contributed by atoms with van der Waals surface area (Å²) in [6.07, 6.45) is 4.99. The zero-order chi connectivity index (χ0) is 16.1. The van der Waals surface area contributed by atoms with Crippen molar-refractivity contribution in [3.8, 4) is 0 Å². The molecule has 0 spiro atoms. The van der Waals surface area contributed by atoms with Gasteiger partial charge in [0, 0.05) is 31.7 Å². The van der Waals surface area contributed by atoms with Crippen molar-refractivity contribution < 1.29 is 9.90 Å². The lowest BCUT2D eigenvalue weighted by molar-refractivity contribution is 0.133. The number of rotatable bonds is 5. The second-order valence-corrected chi connectivity index (χ2v) is 7.43. The van der Waals surface area contributed by atoms with Gasteiger partial charge in [-0.05, 0) is 58.4 Å². The molecule has 2 saturated heterocycles. The van der Waals surface area contributed by atoms with Crippen molar-refractivity contribution in [3.05, 3.63) is 0 Å². The van der Waals surface area contributed by atoms with Gasteiger partial charge in [-0.2, -0.15) is 0 Å². The number of nitrogens with zero attached hydrogens (tertiary/aromatic N) is 2. The Bertz CT molecular complexity index is 362. The van der Waals surface area contributed by atoms with E-state index in [-0.39, 0.29) is 24.2 Å². The summed E-state index contributed by atoms with van der Waals surface area (Å²) in [5.74, 6) is 0.769. The zero-order valence-electron chi connectivity index (χ0n) is 14.4. The minimum Gasteiger partial charge on any atom is -0.393 e. The minimum atomic E-state index is -0.342. The normalized spacial score (nSPS) is 29.4. The van der Waals surface area contributed by atoms with Crippen LogP contribution in [0.15, 0.2) is 0 Å². The molecule has 128 valence electrons. The number of aliphatic hydroxyl groups is 1. The number of carbonyl (C=O) groups excluding carboxylic acids is 1. The van der Waals surface area contributed by atoms with Crippen LogP contribution in [0.5, 0.6) is 0 Å². The molecule has 22 heavy (non-hydrogen) atoms. The number of likely N-dealkylation sites (tertiary alicyclic amines) is 2. The monoisotopic (exact) mass is 311 g/mol. The summed E-state index contributed by atoms with van der Waals surface area (Å²) in [6, 6.07) is 0.411. The van der Waals surface area contributed by atoms with Crippen LogP contribution in [0.3, 0.4) is 0 Å². The molecule has 2 fully saturated rings. The van der Waals surface area contributed by atoms with Crippen molar-refractivity contribution in [1.82, 2.24) is 15.1 Å². The maximum absolute atomic E-state index is 12.5. The SMILES string of the molecule is CC(O)CC1CCCN1C(=O)NC(C)CN1CCCC(C)C1. The van der Waals surface area contributed by atoms with E-state index >= 15 is 0 Å². The van der Waals surface area contributed by atoms with Crippen LogP contribution in [-0.4, -0.2) is 65.3 Å². The van der Waals surface area contributed by atoms with Crippen LogP contribution in [0, 0.1) is 5.92 Å². The van der Waals surface area contributed by atoms with E-state index in [2.05, 4.69) is 24.1 Å². The van der Waals surface area contributed by atoms with E-state index in [0.717, 1.165) is 44.9 Å². The van der Waals surface area contributed by atoms with Crippen molar-refractivity contribution in [2.24, 2.45) is 5.92 Å². The second kappa shape index (κ2) is 8.16. The third-order valence-corrected chi connectivity index (χ3v) is 4.89. The summed E-state index contributed by atoms with van der Waals surface area (Å²) in [6.45, 7) is 10.3. The lowest BCUT2D eigenvalue weighted by atomic mass is 10.00. The molecular formula is C17H33N3O2. The summed E-state index contributed by atoms with van der Waals surface area (Å²) < 4.78 is 0. The van der Waals surface area contributed by atoms with Gasteiger partial charge in [-0.3, -0.25) is 0 Å². The summed E-state index contributed by atoms with van der Waals surface area (Å²) in [4.78, 5) is 16.9. The third kappa shape index (κ3) is 5.13. The summed E-state index contributed by atoms with van der Waals surface area (Å²) in [5.41, 5.74) is 0. The first-order valence-electron chi connectivity index (χ1n) is 8.93. The first kappa shape index (κ1) is 17.5. The fourth-order valence-corrected chi connectivity index (χ4v) is 3.92. The Morgan fingerprint density at radius 1 is 1.27 bits per heavy atom. The molecule has 0 bridgehead atoms. The average Bonchev–Trinajstić information content (AvgIpc) is 2.85. The summed E-state index contributed by atoms with van der Waals surface area (Å²) in [7, 11) is 0. The number of nitrogens with one attached hydrogen (secondary N) is 1. The van der Waals surface area contributed by atoms with Crippen LogP contribution >= 0.6 is 0 Å². The van der Waals surface area contributed by atoms with Crippen LogP contribution in [0.25, 0.3) is 0 Å². The zero-order valence-corrected chi connectivity index (χ0v) is 14.4. The molecule has 2 amide bonds. The Morgan fingerprint density at radius 2 is 2.00 bits per heavy atom. The number of hydrogen-bond donors (Lipinski definition) is 2. The molecule has 4 atom stereocenters. The number of aliphatic hydroxyl groups excluding tert-OH is 1. The fourth-order valence-electron chi connectivity index (χ4n) is 3.92. The Hall–Kier alpha value is -0.810. The molecule has 2 aliphatic heterocycles. The minimum absolute atomic E-state index is 0.0423. The Morgan fingerprint density at radius 3 is 2.68 bits per heavy atom. The Labute approximate surface area is 135 Å². The van der Waals surface area contributed by atoms with Gasteiger partial charge in [-0.1, -0.05) is 6.92 Å². The van der Waals surface area contributed by atoms with Crippen LogP contribution in [0.1, 0.15) is 52.9 Å². The lowest BCUT2D eigenvalue weighted by Gasteiger charge is -2.34. The molecule has 2 heterocycles. The van der Waals surface area contributed by atoms with E-state index in [1.165, 1.54) is 12.8 Å². The molecule has 2 aliphatic rings. The topological polar surface area (TPSA) is 55.8 Å². The number of carbonyl (C=O) groups is 1. The highest BCUT2D eigenvalue weighted by Crippen LogP contribution is 2.21. The first-order chi connectivity index (χ1) is 10.5. The van der Waals surface area contributed by atoms with Gasteiger partial charge in [0.15, 0.2) is 0 Å². The number of urea groups is 1. The highest BCUT2D eigenvalue weighted by Gasteiger charge is 2.30. The molecule has 0 aromatic carbocycles. The summed E-state index contributed by atoms with van der Waals surface area (Å²) >= 11 is 0. The maximum atomic E-state index is 12.5. The predicted molar refractivity (Wildman–Crippen MR) is 88.9 cm³/mol. The Balaban J connectivity index is 1.77. The van der Waals surface area contributed by atoms with E-state index in [0.29, 0.717) is 6.42 Å². The van der Waals surface area contributed by atoms with Crippen molar-refractivity contribution in [1.29, 1.82) is 0 Å². The lowest BCUT2D eigenvalue weighted by Crippen LogP contribution is -2.50. The summed E-state index contributed by atoms with van der Waals surface area (Å²) in [5, 5.41) is 12.7. The van der Waals surface area contributed by atoms with Crippen molar-refractivity contribution in [2.45, 2.75) is 71.1 Å². The molecule has 0 radical (unpaired) electrons.